The third-order valence-electron chi connectivity index (χ3n) is 3.07. The van der Waals surface area contributed by atoms with Crippen LogP contribution in [-0.2, 0) is 11.8 Å². The molecule has 0 aliphatic carbocycles. The molecule has 0 atom stereocenters. The average molecular weight is 303 g/mol. The zero-order chi connectivity index (χ0) is 13.0. The molecule has 0 spiro atoms. The Morgan fingerprint density at radius 1 is 1.17 bits per heavy atom. The molecule has 1 aromatic heterocycles. The van der Waals surface area contributed by atoms with Crippen LogP contribution in [0.5, 0.6) is 0 Å². The van der Waals surface area contributed by atoms with Crippen molar-refractivity contribution in [2.24, 2.45) is 0 Å². The Morgan fingerprint density at radius 3 is 2.50 bits per heavy atom. The van der Waals surface area contributed by atoms with Crippen LogP contribution in [0.3, 0.4) is 0 Å². The molecule has 0 fully saturated rings. The second kappa shape index (κ2) is 6.05. The van der Waals surface area contributed by atoms with Gasteiger partial charge >= 0.3 is 0 Å². The van der Waals surface area contributed by atoms with Gasteiger partial charge in [0.15, 0.2) is 0 Å². The van der Waals surface area contributed by atoms with E-state index >= 15 is 0 Å². The fourth-order valence-electron chi connectivity index (χ4n) is 1.99. The monoisotopic (exact) mass is 302 g/mol. The Bertz CT molecular complexity index is 492. The first-order valence-corrected chi connectivity index (χ1v) is 7.60. The van der Waals surface area contributed by atoms with E-state index in [1.165, 1.54) is 17.7 Å². The maximum absolute atomic E-state index is 13.4. The lowest BCUT2D eigenvalue weighted by atomic mass is 9.79. The van der Waals surface area contributed by atoms with E-state index in [0.29, 0.717) is 11.8 Å². The molecule has 0 aliphatic heterocycles. The summed E-state index contributed by atoms with van der Waals surface area (Å²) in [7, 11) is 0. The van der Waals surface area contributed by atoms with Gasteiger partial charge in [-0.25, -0.2) is 4.39 Å². The maximum atomic E-state index is 13.4. The summed E-state index contributed by atoms with van der Waals surface area (Å²) >= 11 is 13.9. The summed E-state index contributed by atoms with van der Waals surface area (Å²) in [4.78, 5) is 0. The van der Waals surface area contributed by atoms with Crippen molar-refractivity contribution in [3.8, 4) is 0 Å². The van der Waals surface area contributed by atoms with Gasteiger partial charge in [-0.05, 0) is 46.5 Å². The number of halogens is 3. The quantitative estimate of drug-likeness (QED) is 0.693. The smallest absolute Gasteiger partial charge is 0.123 e. The number of hydrogen-bond acceptors (Lipinski definition) is 1. The Hall–Kier alpha value is -0.570. The summed E-state index contributed by atoms with van der Waals surface area (Å²) < 4.78 is 13.4. The van der Waals surface area contributed by atoms with Gasteiger partial charge < -0.3 is 0 Å². The van der Waals surface area contributed by atoms with Gasteiger partial charge in [-0.1, -0.05) is 12.1 Å². The molecule has 4 heteroatoms. The van der Waals surface area contributed by atoms with E-state index in [-0.39, 0.29) is 5.82 Å². The SMILES string of the molecule is Fc1cccc(C(CCl)(CCl)Cc2ccsc2)c1. The number of rotatable bonds is 5. The molecule has 2 aromatic rings. The molecule has 0 amide bonds. The molecule has 0 unspecified atom stereocenters. The van der Waals surface area contributed by atoms with E-state index < -0.39 is 5.41 Å². The van der Waals surface area contributed by atoms with Gasteiger partial charge in [0.05, 0.1) is 0 Å². The van der Waals surface area contributed by atoms with Crippen LogP contribution in [0.2, 0.25) is 0 Å². The van der Waals surface area contributed by atoms with Gasteiger partial charge in [-0.3, -0.25) is 0 Å². The maximum Gasteiger partial charge on any atom is 0.123 e. The first-order valence-electron chi connectivity index (χ1n) is 5.59. The standard InChI is InChI=1S/C14H13Cl2FS/c15-9-14(10-16,7-11-4-5-18-8-11)12-2-1-3-13(17)6-12/h1-6,8H,7,9-10H2. The molecule has 0 bridgehead atoms. The van der Waals surface area contributed by atoms with E-state index in [2.05, 4.69) is 11.4 Å². The molecular weight excluding hydrogens is 290 g/mol. The topological polar surface area (TPSA) is 0 Å². The lowest BCUT2D eigenvalue weighted by molar-refractivity contribution is 0.529. The van der Waals surface area contributed by atoms with Crippen LogP contribution in [0.25, 0.3) is 0 Å². The fourth-order valence-corrected chi connectivity index (χ4v) is 3.44. The first-order chi connectivity index (χ1) is 8.70. The normalized spacial score (nSPS) is 11.7. The van der Waals surface area contributed by atoms with E-state index in [1.54, 1.807) is 17.4 Å². The Balaban J connectivity index is 2.37. The van der Waals surface area contributed by atoms with Gasteiger partial charge in [-0.15, -0.1) is 23.2 Å². The van der Waals surface area contributed by atoms with E-state index in [9.17, 15) is 4.39 Å². The second-order valence-electron chi connectivity index (χ2n) is 4.37. The molecule has 2 rings (SSSR count). The van der Waals surface area contributed by atoms with Crippen molar-refractivity contribution in [2.45, 2.75) is 11.8 Å². The van der Waals surface area contributed by atoms with Crippen LogP contribution in [0.15, 0.2) is 41.1 Å². The van der Waals surface area contributed by atoms with Crippen molar-refractivity contribution in [2.75, 3.05) is 11.8 Å². The van der Waals surface area contributed by atoms with Crippen molar-refractivity contribution >= 4 is 34.5 Å². The Labute approximate surface area is 120 Å². The molecule has 1 heterocycles. The van der Waals surface area contributed by atoms with Crippen LogP contribution in [-0.4, -0.2) is 11.8 Å². The molecular formula is C14H13Cl2FS. The first kappa shape index (κ1) is 13.9. The van der Waals surface area contributed by atoms with E-state index in [0.717, 1.165) is 12.0 Å². The fraction of sp³-hybridized carbons (Fsp3) is 0.286. The second-order valence-corrected chi connectivity index (χ2v) is 5.68. The summed E-state index contributed by atoms with van der Waals surface area (Å²) in [6.07, 6.45) is 0.729. The summed E-state index contributed by atoms with van der Waals surface area (Å²) in [6.45, 7) is 0. The Kier molecular flexibility index (Phi) is 4.66. The predicted molar refractivity (Wildman–Crippen MR) is 77.5 cm³/mol. The number of benzene rings is 1. The minimum Gasteiger partial charge on any atom is -0.207 e. The minimum absolute atomic E-state index is 0.252. The summed E-state index contributed by atoms with van der Waals surface area (Å²) in [5.41, 5.74) is 1.64. The van der Waals surface area contributed by atoms with Crippen molar-refractivity contribution < 1.29 is 4.39 Å². The zero-order valence-corrected chi connectivity index (χ0v) is 12.0. The van der Waals surface area contributed by atoms with Gasteiger partial charge in [0.1, 0.15) is 5.82 Å². The van der Waals surface area contributed by atoms with Gasteiger partial charge in [0.25, 0.3) is 0 Å². The van der Waals surface area contributed by atoms with Crippen molar-refractivity contribution in [1.29, 1.82) is 0 Å². The van der Waals surface area contributed by atoms with Crippen LogP contribution in [0.4, 0.5) is 4.39 Å². The Morgan fingerprint density at radius 2 is 1.94 bits per heavy atom. The lowest BCUT2D eigenvalue weighted by Gasteiger charge is -2.30. The molecule has 0 N–H and O–H groups in total. The minimum atomic E-state index is -0.410. The molecule has 0 nitrogen and oxygen atoms in total. The highest BCUT2D eigenvalue weighted by molar-refractivity contribution is 7.07. The average Bonchev–Trinajstić information content (AvgIpc) is 2.89. The van der Waals surface area contributed by atoms with Crippen molar-refractivity contribution in [1.82, 2.24) is 0 Å². The number of hydrogen-bond donors (Lipinski definition) is 0. The van der Waals surface area contributed by atoms with E-state index in [4.69, 9.17) is 23.2 Å². The van der Waals surface area contributed by atoms with Gasteiger partial charge in [-0.2, -0.15) is 11.3 Å². The molecule has 1 aromatic carbocycles. The van der Waals surface area contributed by atoms with E-state index in [1.807, 2.05) is 11.4 Å². The van der Waals surface area contributed by atoms with Gasteiger partial charge in [0.2, 0.25) is 0 Å². The lowest BCUT2D eigenvalue weighted by Crippen LogP contribution is -2.33. The predicted octanol–water partition coefficient (Wildman–Crippen LogP) is 4.85. The third kappa shape index (κ3) is 2.87. The summed E-state index contributed by atoms with van der Waals surface area (Å²) in [6, 6.07) is 8.60. The van der Waals surface area contributed by atoms with Gasteiger partial charge in [0, 0.05) is 17.2 Å². The van der Waals surface area contributed by atoms with Crippen molar-refractivity contribution in [3.05, 3.63) is 58.0 Å². The molecule has 0 saturated carbocycles. The van der Waals surface area contributed by atoms with Crippen molar-refractivity contribution in [3.63, 3.8) is 0 Å². The molecule has 0 radical (unpaired) electrons. The highest BCUT2D eigenvalue weighted by atomic mass is 35.5. The molecule has 0 aliphatic rings. The molecule has 96 valence electrons. The molecule has 18 heavy (non-hydrogen) atoms. The summed E-state index contributed by atoms with van der Waals surface area (Å²) in [5.74, 6) is 0.489. The number of thiophene rings is 1. The largest absolute Gasteiger partial charge is 0.207 e. The zero-order valence-electron chi connectivity index (χ0n) is 9.70. The summed E-state index contributed by atoms with van der Waals surface area (Å²) in [5, 5.41) is 4.10. The van der Waals surface area contributed by atoms with Crippen LogP contribution >= 0.6 is 34.5 Å². The van der Waals surface area contributed by atoms with Crippen LogP contribution < -0.4 is 0 Å². The number of alkyl halides is 2. The van der Waals surface area contributed by atoms with Crippen LogP contribution in [0, 0.1) is 5.82 Å². The van der Waals surface area contributed by atoms with Crippen LogP contribution in [0.1, 0.15) is 11.1 Å². The highest BCUT2D eigenvalue weighted by Crippen LogP contribution is 2.32. The third-order valence-corrected chi connectivity index (χ3v) is 4.83. The molecule has 0 saturated heterocycles. The highest BCUT2D eigenvalue weighted by Gasteiger charge is 2.31.